The number of nitrogens with one attached hydrogen (secondary N) is 1. The van der Waals surface area contributed by atoms with E-state index in [9.17, 15) is 4.79 Å². The van der Waals surface area contributed by atoms with Crippen molar-refractivity contribution in [2.24, 2.45) is 0 Å². The Hall–Kier alpha value is -2.86. The summed E-state index contributed by atoms with van der Waals surface area (Å²) in [6.45, 7) is 4.09. The molecule has 0 saturated carbocycles. The molecule has 0 aliphatic rings. The summed E-state index contributed by atoms with van der Waals surface area (Å²) in [7, 11) is 0. The van der Waals surface area contributed by atoms with Gasteiger partial charge in [0.1, 0.15) is 6.07 Å². The number of amides is 1. The van der Waals surface area contributed by atoms with E-state index < -0.39 is 0 Å². The van der Waals surface area contributed by atoms with Crippen molar-refractivity contribution >= 4 is 17.7 Å². The number of hydrogen-bond acceptors (Lipinski definition) is 2. The van der Waals surface area contributed by atoms with E-state index >= 15 is 0 Å². The van der Waals surface area contributed by atoms with Crippen LogP contribution in [0.3, 0.4) is 0 Å². The van der Waals surface area contributed by atoms with Gasteiger partial charge in [0, 0.05) is 6.08 Å². The van der Waals surface area contributed by atoms with Gasteiger partial charge in [-0.1, -0.05) is 30.3 Å². The molecule has 2 aromatic carbocycles. The molecule has 21 heavy (non-hydrogen) atoms. The van der Waals surface area contributed by atoms with Crippen molar-refractivity contribution in [3.05, 3.63) is 70.8 Å². The molecular formula is C18H16N2O. The molecule has 104 valence electrons. The molecule has 0 saturated heterocycles. The van der Waals surface area contributed by atoms with Crippen LogP contribution in [-0.4, -0.2) is 5.91 Å². The molecule has 2 aromatic rings. The average Bonchev–Trinajstić information content (AvgIpc) is 2.49. The molecule has 0 spiro atoms. The predicted octanol–water partition coefficient (Wildman–Crippen LogP) is 3.83. The number of nitriles is 1. The van der Waals surface area contributed by atoms with Crippen LogP contribution in [0.1, 0.15) is 22.3 Å². The number of carbonyl (C=O) groups is 1. The van der Waals surface area contributed by atoms with E-state index in [1.165, 1.54) is 17.2 Å². The molecule has 0 aromatic heterocycles. The van der Waals surface area contributed by atoms with E-state index in [0.29, 0.717) is 11.3 Å². The summed E-state index contributed by atoms with van der Waals surface area (Å²) in [6, 6.07) is 15.0. The van der Waals surface area contributed by atoms with E-state index in [1.807, 2.05) is 38.1 Å². The van der Waals surface area contributed by atoms with Crippen LogP contribution in [-0.2, 0) is 4.79 Å². The average molecular weight is 276 g/mol. The first-order valence-electron chi connectivity index (χ1n) is 6.65. The number of anilines is 1. The maximum atomic E-state index is 11.9. The van der Waals surface area contributed by atoms with Crippen LogP contribution in [0, 0.1) is 25.2 Å². The standard InChI is InChI=1S/C18H16N2O/c1-13-7-8-15(11-14(13)2)9-10-18(21)20-17-6-4-3-5-16(17)12-19/h3-11H,1-2H3,(H,20,21)/b10-9+. The highest BCUT2D eigenvalue weighted by molar-refractivity contribution is 6.02. The minimum absolute atomic E-state index is 0.254. The predicted molar refractivity (Wildman–Crippen MR) is 84.7 cm³/mol. The van der Waals surface area contributed by atoms with Gasteiger partial charge in [-0.05, 0) is 48.7 Å². The normalized spacial score (nSPS) is 10.3. The minimum Gasteiger partial charge on any atom is -0.321 e. The fourth-order valence-corrected chi connectivity index (χ4v) is 1.90. The third kappa shape index (κ3) is 3.80. The van der Waals surface area contributed by atoms with Gasteiger partial charge in [-0.25, -0.2) is 0 Å². The van der Waals surface area contributed by atoms with Crippen molar-refractivity contribution < 1.29 is 4.79 Å². The molecule has 0 atom stereocenters. The largest absolute Gasteiger partial charge is 0.321 e. The number of aryl methyl sites for hydroxylation is 2. The third-order valence-corrected chi connectivity index (χ3v) is 3.26. The van der Waals surface area contributed by atoms with Crippen LogP contribution in [0.2, 0.25) is 0 Å². The zero-order chi connectivity index (χ0) is 15.2. The van der Waals surface area contributed by atoms with Gasteiger partial charge in [0.05, 0.1) is 11.3 Å². The van der Waals surface area contributed by atoms with E-state index in [-0.39, 0.29) is 5.91 Å². The molecule has 1 N–H and O–H groups in total. The second-order valence-corrected chi connectivity index (χ2v) is 4.82. The molecule has 0 fully saturated rings. The zero-order valence-electron chi connectivity index (χ0n) is 12.1. The summed E-state index contributed by atoms with van der Waals surface area (Å²) >= 11 is 0. The summed E-state index contributed by atoms with van der Waals surface area (Å²) in [5.74, 6) is -0.254. The molecule has 3 heteroatoms. The number of carbonyl (C=O) groups excluding carboxylic acids is 1. The number of para-hydroxylation sites is 1. The molecule has 1 amide bonds. The molecule has 0 radical (unpaired) electrons. The minimum atomic E-state index is -0.254. The van der Waals surface area contributed by atoms with Gasteiger partial charge in [0.25, 0.3) is 0 Å². The molecule has 0 aliphatic heterocycles. The van der Waals surface area contributed by atoms with Crippen LogP contribution in [0.25, 0.3) is 6.08 Å². The van der Waals surface area contributed by atoms with E-state index in [2.05, 4.69) is 5.32 Å². The number of rotatable bonds is 3. The van der Waals surface area contributed by atoms with Gasteiger partial charge in [-0.2, -0.15) is 5.26 Å². The van der Waals surface area contributed by atoms with E-state index in [0.717, 1.165) is 5.56 Å². The molecule has 0 bridgehead atoms. The van der Waals surface area contributed by atoms with Crippen molar-refractivity contribution in [3.8, 4) is 6.07 Å². The number of benzene rings is 2. The Morgan fingerprint density at radius 1 is 1.14 bits per heavy atom. The first kappa shape index (κ1) is 14.5. The molecule has 0 unspecified atom stereocenters. The fraction of sp³-hybridized carbons (Fsp3) is 0.111. The smallest absolute Gasteiger partial charge is 0.248 e. The third-order valence-electron chi connectivity index (χ3n) is 3.26. The Balaban J connectivity index is 2.09. The topological polar surface area (TPSA) is 52.9 Å². The Kier molecular flexibility index (Phi) is 4.53. The summed E-state index contributed by atoms with van der Waals surface area (Å²) < 4.78 is 0. The Labute approximate surface area is 124 Å². The molecule has 0 aliphatic carbocycles. The highest BCUT2D eigenvalue weighted by Crippen LogP contribution is 2.14. The summed E-state index contributed by atoms with van der Waals surface area (Å²) in [6.07, 6.45) is 3.23. The maximum absolute atomic E-state index is 11.9. The van der Waals surface area contributed by atoms with Gasteiger partial charge in [-0.15, -0.1) is 0 Å². The van der Waals surface area contributed by atoms with Crippen molar-refractivity contribution in [1.82, 2.24) is 0 Å². The van der Waals surface area contributed by atoms with Gasteiger partial charge in [0.2, 0.25) is 5.91 Å². The van der Waals surface area contributed by atoms with Crippen molar-refractivity contribution in [3.63, 3.8) is 0 Å². The quantitative estimate of drug-likeness (QED) is 0.866. The monoisotopic (exact) mass is 276 g/mol. The number of hydrogen-bond donors (Lipinski definition) is 1. The number of nitrogens with zero attached hydrogens (tertiary/aromatic N) is 1. The molecular weight excluding hydrogens is 260 g/mol. The fourth-order valence-electron chi connectivity index (χ4n) is 1.90. The van der Waals surface area contributed by atoms with Crippen molar-refractivity contribution in [2.45, 2.75) is 13.8 Å². The second kappa shape index (κ2) is 6.53. The van der Waals surface area contributed by atoms with Crippen LogP contribution in [0.5, 0.6) is 0 Å². The first-order valence-corrected chi connectivity index (χ1v) is 6.65. The van der Waals surface area contributed by atoms with Gasteiger partial charge < -0.3 is 5.32 Å². The lowest BCUT2D eigenvalue weighted by Crippen LogP contribution is -2.08. The van der Waals surface area contributed by atoms with Crippen molar-refractivity contribution in [1.29, 1.82) is 5.26 Å². The van der Waals surface area contributed by atoms with E-state index in [4.69, 9.17) is 5.26 Å². The van der Waals surface area contributed by atoms with Crippen LogP contribution in [0.4, 0.5) is 5.69 Å². The second-order valence-electron chi connectivity index (χ2n) is 4.82. The van der Waals surface area contributed by atoms with Crippen LogP contribution >= 0.6 is 0 Å². The lowest BCUT2D eigenvalue weighted by Gasteiger charge is -2.04. The van der Waals surface area contributed by atoms with Gasteiger partial charge in [0.15, 0.2) is 0 Å². The summed E-state index contributed by atoms with van der Waals surface area (Å²) in [5.41, 5.74) is 4.36. The van der Waals surface area contributed by atoms with E-state index in [1.54, 1.807) is 30.3 Å². The molecule has 0 heterocycles. The van der Waals surface area contributed by atoms with Crippen LogP contribution in [0.15, 0.2) is 48.5 Å². The summed E-state index contributed by atoms with van der Waals surface area (Å²) in [5, 5.41) is 11.7. The summed E-state index contributed by atoms with van der Waals surface area (Å²) in [4.78, 5) is 11.9. The first-order chi connectivity index (χ1) is 10.1. The highest BCUT2D eigenvalue weighted by atomic mass is 16.1. The molecule has 2 rings (SSSR count). The highest BCUT2D eigenvalue weighted by Gasteiger charge is 2.03. The van der Waals surface area contributed by atoms with Gasteiger partial charge in [-0.3, -0.25) is 4.79 Å². The van der Waals surface area contributed by atoms with Gasteiger partial charge >= 0.3 is 0 Å². The Bertz CT molecular complexity index is 739. The Morgan fingerprint density at radius 3 is 2.62 bits per heavy atom. The lowest BCUT2D eigenvalue weighted by molar-refractivity contribution is -0.111. The zero-order valence-corrected chi connectivity index (χ0v) is 12.1. The lowest BCUT2D eigenvalue weighted by atomic mass is 10.1. The Morgan fingerprint density at radius 2 is 1.90 bits per heavy atom. The molecule has 3 nitrogen and oxygen atoms in total. The van der Waals surface area contributed by atoms with Crippen molar-refractivity contribution in [2.75, 3.05) is 5.32 Å². The SMILES string of the molecule is Cc1ccc(/C=C/C(=O)Nc2ccccc2C#N)cc1C. The maximum Gasteiger partial charge on any atom is 0.248 e. The van der Waals surface area contributed by atoms with Crippen LogP contribution < -0.4 is 5.32 Å².